The van der Waals surface area contributed by atoms with Crippen LogP contribution in [-0.4, -0.2) is 20.8 Å². The van der Waals surface area contributed by atoms with Crippen LogP contribution in [-0.2, 0) is 10.0 Å². The summed E-state index contributed by atoms with van der Waals surface area (Å²) in [5.41, 5.74) is 3.98. The van der Waals surface area contributed by atoms with E-state index in [0.717, 1.165) is 24.8 Å². The van der Waals surface area contributed by atoms with Crippen molar-refractivity contribution in [1.29, 1.82) is 0 Å². The zero-order chi connectivity index (χ0) is 17.2. The van der Waals surface area contributed by atoms with Crippen LogP contribution >= 0.6 is 0 Å². The van der Waals surface area contributed by atoms with Crippen molar-refractivity contribution in [2.45, 2.75) is 46.0 Å². The Morgan fingerprint density at radius 3 is 2.54 bits per heavy atom. The second kappa shape index (κ2) is 6.93. The molecule has 5 heteroatoms. The van der Waals surface area contributed by atoms with Crippen molar-refractivity contribution < 1.29 is 8.42 Å². The number of aryl methyl sites for hydroxylation is 1. The van der Waals surface area contributed by atoms with Crippen molar-refractivity contribution in [3.8, 4) is 0 Å². The van der Waals surface area contributed by atoms with E-state index < -0.39 is 10.0 Å². The second-order valence-electron chi connectivity index (χ2n) is 6.51. The van der Waals surface area contributed by atoms with Crippen molar-refractivity contribution in [1.82, 2.24) is 4.72 Å². The normalized spacial score (nSPS) is 21.8. The molecule has 0 amide bonds. The summed E-state index contributed by atoms with van der Waals surface area (Å²) in [5.74, 6) is 0.488. The summed E-state index contributed by atoms with van der Waals surface area (Å²) in [5, 5.41) is 0. The summed E-state index contributed by atoms with van der Waals surface area (Å²) >= 11 is 0. The van der Waals surface area contributed by atoms with E-state index in [2.05, 4.69) is 15.8 Å². The van der Waals surface area contributed by atoms with E-state index >= 15 is 0 Å². The molecule has 1 aliphatic carbocycles. The van der Waals surface area contributed by atoms with Crippen LogP contribution in [0.4, 0.5) is 0 Å². The molecule has 0 unspecified atom stereocenters. The number of hydrogen-bond acceptors (Lipinski definition) is 3. The standard InChI is InChI=1S/C19H24N2O2S/c1-14-8-10-17(11-9-14)18-15(2)19(21-24(18,22)23)20-13-12-16-6-4-3-5-7-16/h6,8-11H,3-5,7,12-13H2,1-2H3,(H,20,21). The van der Waals surface area contributed by atoms with E-state index in [-0.39, 0.29) is 0 Å². The van der Waals surface area contributed by atoms with Crippen LogP contribution in [0.15, 0.2) is 46.5 Å². The maximum absolute atomic E-state index is 12.5. The third-order valence-corrected chi connectivity index (χ3v) is 6.14. The summed E-state index contributed by atoms with van der Waals surface area (Å²) in [7, 11) is -3.52. The van der Waals surface area contributed by atoms with Crippen LogP contribution in [0, 0.1) is 6.92 Å². The zero-order valence-corrected chi connectivity index (χ0v) is 15.1. The van der Waals surface area contributed by atoms with Gasteiger partial charge in [-0.3, -0.25) is 9.71 Å². The maximum Gasteiger partial charge on any atom is 0.264 e. The SMILES string of the molecule is CC1=C(c2ccc(C)cc2)S(=O)(=O)NC1=NCCC1=CCCCC1. The summed E-state index contributed by atoms with van der Waals surface area (Å²) in [6, 6.07) is 7.55. The van der Waals surface area contributed by atoms with Gasteiger partial charge >= 0.3 is 0 Å². The lowest BCUT2D eigenvalue weighted by molar-refractivity contribution is 0.603. The molecule has 0 spiro atoms. The Bertz CT molecular complexity index is 815. The zero-order valence-electron chi connectivity index (χ0n) is 14.3. The van der Waals surface area contributed by atoms with Crippen molar-refractivity contribution in [2.75, 3.05) is 6.54 Å². The lowest BCUT2D eigenvalue weighted by atomic mass is 9.97. The first-order valence-electron chi connectivity index (χ1n) is 8.51. The van der Waals surface area contributed by atoms with E-state index in [1.54, 1.807) is 0 Å². The lowest BCUT2D eigenvalue weighted by Gasteiger charge is -2.11. The van der Waals surface area contributed by atoms with Crippen LogP contribution in [0.2, 0.25) is 0 Å². The summed E-state index contributed by atoms with van der Waals surface area (Å²) < 4.78 is 27.6. The average molecular weight is 344 g/mol. The van der Waals surface area contributed by atoms with Gasteiger partial charge in [-0.1, -0.05) is 41.5 Å². The van der Waals surface area contributed by atoms with E-state index in [1.807, 2.05) is 38.1 Å². The number of nitrogens with one attached hydrogen (secondary N) is 1. The molecule has 1 aromatic rings. The first kappa shape index (κ1) is 17.0. The average Bonchev–Trinajstić information content (AvgIpc) is 2.79. The Morgan fingerprint density at radius 1 is 1.12 bits per heavy atom. The summed E-state index contributed by atoms with van der Waals surface area (Å²) in [4.78, 5) is 4.86. The first-order valence-corrected chi connectivity index (χ1v) is 9.99. The highest BCUT2D eigenvalue weighted by atomic mass is 32.2. The minimum absolute atomic E-state index is 0.345. The second-order valence-corrected chi connectivity index (χ2v) is 8.13. The van der Waals surface area contributed by atoms with Crippen molar-refractivity contribution in [3.63, 3.8) is 0 Å². The van der Waals surface area contributed by atoms with Gasteiger partial charge in [0, 0.05) is 12.1 Å². The van der Waals surface area contributed by atoms with Gasteiger partial charge in [-0.15, -0.1) is 0 Å². The topological polar surface area (TPSA) is 58.5 Å². The maximum atomic E-state index is 12.5. The Hall–Kier alpha value is -1.88. The predicted molar refractivity (Wildman–Crippen MR) is 99.3 cm³/mol. The third kappa shape index (κ3) is 3.61. The lowest BCUT2D eigenvalue weighted by Crippen LogP contribution is -2.23. The van der Waals surface area contributed by atoms with Gasteiger partial charge in [0.15, 0.2) is 0 Å². The van der Waals surface area contributed by atoms with Gasteiger partial charge in [-0.2, -0.15) is 0 Å². The van der Waals surface area contributed by atoms with Gasteiger partial charge in [0.2, 0.25) is 0 Å². The monoisotopic (exact) mass is 344 g/mol. The molecule has 1 aromatic carbocycles. The molecule has 1 aliphatic heterocycles. The molecule has 2 aliphatic rings. The van der Waals surface area contributed by atoms with Crippen LogP contribution in [0.1, 0.15) is 50.2 Å². The molecule has 0 fully saturated rings. The molecule has 128 valence electrons. The van der Waals surface area contributed by atoms with Gasteiger partial charge < -0.3 is 0 Å². The smallest absolute Gasteiger partial charge is 0.264 e. The summed E-state index contributed by atoms with van der Waals surface area (Å²) in [6.45, 7) is 4.44. The van der Waals surface area contributed by atoms with Crippen LogP contribution < -0.4 is 4.72 Å². The molecule has 1 N–H and O–H groups in total. The third-order valence-electron chi connectivity index (χ3n) is 4.60. The molecule has 0 saturated carbocycles. The minimum Gasteiger partial charge on any atom is -0.267 e. The molecule has 0 atom stereocenters. The number of hydrogen-bond donors (Lipinski definition) is 1. The Labute approximate surface area is 144 Å². The Balaban J connectivity index is 1.81. The number of rotatable bonds is 4. The number of benzene rings is 1. The highest BCUT2D eigenvalue weighted by Crippen LogP contribution is 2.30. The van der Waals surface area contributed by atoms with Crippen molar-refractivity contribution in [2.24, 2.45) is 4.99 Å². The molecular formula is C19H24N2O2S. The molecular weight excluding hydrogens is 320 g/mol. The fourth-order valence-corrected chi connectivity index (χ4v) is 4.75. The van der Waals surface area contributed by atoms with Crippen molar-refractivity contribution >= 4 is 20.8 Å². The number of sulfonamides is 1. The van der Waals surface area contributed by atoms with Gasteiger partial charge in [0.25, 0.3) is 10.0 Å². The van der Waals surface area contributed by atoms with Gasteiger partial charge in [0.05, 0.1) is 0 Å². The summed E-state index contributed by atoms with van der Waals surface area (Å²) in [6.07, 6.45) is 8.07. The highest BCUT2D eigenvalue weighted by Gasteiger charge is 2.32. The first-order chi connectivity index (χ1) is 11.5. The minimum atomic E-state index is -3.52. The van der Waals surface area contributed by atoms with Gasteiger partial charge in [-0.05, 0) is 51.5 Å². The number of nitrogens with zero attached hydrogens (tertiary/aromatic N) is 1. The Kier molecular flexibility index (Phi) is 4.90. The molecule has 0 bridgehead atoms. The van der Waals surface area contributed by atoms with E-state index in [0.29, 0.717) is 28.4 Å². The molecule has 24 heavy (non-hydrogen) atoms. The van der Waals surface area contributed by atoms with Crippen LogP contribution in [0.3, 0.4) is 0 Å². The molecule has 0 aromatic heterocycles. The molecule has 4 nitrogen and oxygen atoms in total. The number of amidine groups is 1. The van der Waals surface area contributed by atoms with Crippen molar-refractivity contribution in [3.05, 3.63) is 52.6 Å². The van der Waals surface area contributed by atoms with Crippen LogP contribution in [0.25, 0.3) is 4.91 Å². The fourth-order valence-electron chi connectivity index (χ4n) is 3.23. The molecule has 1 heterocycles. The fraction of sp³-hybridized carbons (Fsp3) is 0.421. The quantitative estimate of drug-likeness (QED) is 0.841. The molecule has 0 radical (unpaired) electrons. The number of aliphatic imine (C=N–C) groups is 1. The van der Waals surface area contributed by atoms with E-state index in [9.17, 15) is 8.42 Å². The van der Waals surface area contributed by atoms with E-state index in [4.69, 9.17) is 0 Å². The van der Waals surface area contributed by atoms with E-state index in [1.165, 1.54) is 18.4 Å². The number of allylic oxidation sites excluding steroid dienone is 1. The van der Waals surface area contributed by atoms with Gasteiger partial charge in [0.1, 0.15) is 10.7 Å². The highest BCUT2D eigenvalue weighted by molar-refractivity contribution is 8.00. The molecule has 3 rings (SSSR count). The van der Waals surface area contributed by atoms with Gasteiger partial charge in [-0.25, -0.2) is 8.42 Å². The predicted octanol–water partition coefficient (Wildman–Crippen LogP) is 3.95. The largest absolute Gasteiger partial charge is 0.267 e. The Morgan fingerprint density at radius 2 is 1.88 bits per heavy atom. The van der Waals surface area contributed by atoms with Crippen LogP contribution in [0.5, 0.6) is 0 Å². The molecule has 0 saturated heterocycles.